The minimum absolute atomic E-state index is 0.0610. The van der Waals surface area contributed by atoms with Gasteiger partial charge in [-0.3, -0.25) is 9.59 Å². The Morgan fingerprint density at radius 3 is 2.70 bits per heavy atom. The number of nitrogens with zero attached hydrogens (tertiary/aromatic N) is 3. The lowest BCUT2D eigenvalue weighted by molar-refractivity contribution is -0.118. The molecule has 4 rings (SSSR count). The number of anilines is 1. The van der Waals surface area contributed by atoms with Gasteiger partial charge >= 0.3 is 0 Å². The molecule has 3 aromatic carbocycles. The summed E-state index contributed by atoms with van der Waals surface area (Å²) in [5, 5.41) is 7.29. The van der Waals surface area contributed by atoms with Gasteiger partial charge in [-0.1, -0.05) is 35.0 Å². The summed E-state index contributed by atoms with van der Waals surface area (Å²) in [6.45, 7) is 1.52. The number of aromatic nitrogens is 2. The van der Waals surface area contributed by atoms with Gasteiger partial charge in [0.2, 0.25) is 0 Å². The first kappa shape index (κ1) is 26.5. The van der Waals surface area contributed by atoms with Gasteiger partial charge in [0.1, 0.15) is 11.6 Å². The molecule has 0 radical (unpaired) electrons. The zero-order valence-electron chi connectivity index (χ0n) is 19.8. The Morgan fingerprint density at radius 2 is 1.97 bits per heavy atom. The zero-order valence-corrected chi connectivity index (χ0v) is 23.0. The van der Waals surface area contributed by atoms with Crippen LogP contribution in [0.15, 0.2) is 73.4 Å². The van der Waals surface area contributed by atoms with Crippen LogP contribution in [-0.4, -0.2) is 35.5 Å². The van der Waals surface area contributed by atoms with E-state index in [0.717, 1.165) is 4.47 Å². The number of carbonyl (C=O) groups is 1. The quantitative estimate of drug-likeness (QED) is 0.258. The van der Waals surface area contributed by atoms with E-state index in [1.54, 1.807) is 30.3 Å². The van der Waals surface area contributed by atoms with E-state index >= 15 is 0 Å². The summed E-state index contributed by atoms with van der Waals surface area (Å²) < 4.78 is 27.4. The molecule has 1 heterocycles. The topological polar surface area (TPSA) is 94.8 Å². The molecule has 0 aliphatic carbocycles. The highest BCUT2D eigenvalue weighted by Crippen LogP contribution is 2.36. The molecule has 0 unspecified atom stereocenters. The van der Waals surface area contributed by atoms with Crippen molar-refractivity contribution in [2.45, 2.75) is 13.3 Å². The van der Waals surface area contributed by atoms with Crippen LogP contribution in [0, 0.1) is 5.82 Å². The van der Waals surface area contributed by atoms with E-state index in [2.05, 4.69) is 47.3 Å². The smallest absolute Gasteiger partial charge is 0.282 e. The summed E-state index contributed by atoms with van der Waals surface area (Å²) in [5.74, 6) is 0.0532. The summed E-state index contributed by atoms with van der Waals surface area (Å²) in [6, 6.07) is 14.5. The van der Waals surface area contributed by atoms with Crippen LogP contribution < -0.4 is 20.3 Å². The first-order valence-electron chi connectivity index (χ1n) is 11.1. The zero-order chi connectivity index (χ0) is 26.5. The SMILES string of the molecule is CCc1nc2ccc(Br)cc2c(=O)n1N=Cc1cc(Br)c(OCC(=O)Nc2ccccc2F)c(OC)c1. The Kier molecular flexibility index (Phi) is 8.34. The summed E-state index contributed by atoms with van der Waals surface area (Å²) >= 11 is 6.82. The van der Waals surface area contributed by atoms with Gasteiger partial charge in [-0.25, -0.2) is 9.37 Å². The minimum Gasteiger partial charge on any atom is -0.493 e. The fourth-order valence-electron chi connectivity index (χ4n) is 3.51. The Hall–Kier alpha value is -3.57. The number of halogens is 3. The monoisotopic (exact) mass is 630 g/mol. The predicted molar refractivity (Wildman–Crippen MR) is 147 cm³/mol. The summed E-state index contributed by atoms with van der Waals surface area (Å²) in [7, 11) is 1.46. The molecule has 8 nitrogen and oxygen atoms in total. The lowest BCUT2D eigenvalue weighted by Gasteiger charge is -2.14. The van der Waals surface area contributed by atoms with Crippen molar-refractivity contribution in [2.24, 2.45) is 5.10 Å². The van der Waals surface area contributed by atoms with Crippen LogP contribution in [0.5, 0.6) is 11.5 Å². The van der Waals surface area contributed by atoms with Crippen molar-refractivity contribution >= 4 is 60.6 Å². The normalized spacial score (nSPS) is 11.2. The van der Waals surface area contributed by atoms with E-state index < -0.39 is 11.7 Å². The van der Waals surface area contributed by atoms with Gasteiger partial charge in [0.15, 0.2) is 18.1 Å². The van der Waals surface area contributed by atoms with Gasteiger partial charge in [0.05, 0.1) is 34.4 Å². The fraction of sp³-hybridized carbons (Fsp3) is 0.154. The number of hydrogen-bond acceptors (Lipinski definition) is 6. The number of ether oxygens (including phenoxy) is 2. The molecule has 1 N–H and O–H groups in total. The average Bonchev–Trinajstić information content (AvgIpc) is 2.88. The molecule has 0 fully saturated rings. The van der Waals surface area contributed by atoms with Crippen molar-refractivity contribution in [3.8, 4) is 11.5 Å². The number of carbonyl (C=O) groups excluding carboxylic acids is 1. The van der Waals surface area contributed by atoms with E-state index in [9.17, 15) is 14.0 Å². The van der Waals surface area contributed by atoms with Crippen molar-refractivity contribution in [1.29, 1.82) is 0 Å². The number of hydrogen-bond donors (Lipinski definition) is 1. The fourth-order valence-corrected chi connectivity index (χ4v) is 4.44. The second-order valence-electron chi connectivity index (χ2n) is 7.76. The Bertz CT molecular complexity index is 1570. The van der Waals surface area contributed by atoms with Crippen LogP contribution in [0.4, 0.5) is 10.1 Å². The standard InChI is InChI=1S/C26H21Br2FN4O4/c1-3-23-31-20-9-8-16(27)12-17(20)26(35)33(23)30-13-15-10-18(28)25(22(11-15)36-2)37-14-24(34)32-21-7-5-4-6-19(21)29/h4-13H,3,14H2,1-2H3,(H,32,34). The highest BCUT2D eigenvalue weighted by Gasteiger charge is 2.15. The molecule has 0 spiro atoms. The van der Waals surface area contributed by atoms with Crippen LogP contribution in [0.2, 0.25) is 0 Å². The molecular formula is C26H21Br2FN4O4. The first-order chi connectivity index (χ1) is 17.8. The molecule has 37 heavy (non-hydrogen) atoms. The molecule has 0 aliphatic heterocycles. The molecule has 0 saturated carbocycles. The second kappa shape index (κ2) is 11.7. The predicted octanol–water partition coefficient (Wildman–Crippen LogP) is 5.53. The largest absolute Gasteiger partial charge is 0.493 e. The average molecular weight is 632 g/mol. The molecule has 1 amide bonds. The van der Waals surface area contributed by atoms with Crippen molar-refractivity contribution in [3.63, 3.8) is 0 Å². The van der Waals surface area contributed by atoms with Crippen molar-refractivity contribution in [2.75, 3.05) is 19.0 Å². The minimum atomic E-state index is -0.544. The van der Waals surface area contributed by atoms with E-state index in [0.29, 0.717) is 38.9 Å². The maximum Gasteiger partial charge on any atom is 0.282 e. The number of para-hydroxylation sites is 1. The second-order valence-corrected chi connectivity index (χ2v) is 9.53. The molecule has 0 atom stereocenters. The first-order valence-corrected chi connectivity index (χ1v) is 12.7. The molecule has 4 aromatic rings. The number of rotatable bonds is 8. The maximum absolute atomic E-state index is 13.8. The van der Waals surface area contributed by atoms with Crippen LogP contribution >= 0.6 is 31.9 Å². The summed E-state index contributed by atoms with van der Waals surface area (Å²) in [5.41, 5.74) is 0.980. The van der Waals surface area contributed by atoms with E-state index in [1.807, 2.05) is 13.0 Å². The van der Waals surface area contributed by atoms with Crippen LogP contribution in [0.1, 0.15) is 18.3 Å². The van der Waals surface area contributed by atoms with Gasteiger partial charge in [0, 0.05) is 10.9 Å². The maximum atomic E-state index is 13.8. The van der Waals surface area contributed by atoms with E-state index in [4.69, 9.17) is 9.47 Å². The van der Waals surface area contributed by atoms with Crippen molar-refractivity contribution in [3.05, 3.63) is 91.1 Å². The molecule has 0 aliphatic rings. The Balaban J connectivity index is 1.57. The van der Waals surface area contributed by atoms with Crippen LogP contribution in [0.25, 0.3) is 10.9 Å². The van der Waals surface area contributed by atoms with Crippen LogP contribution in [-0.2, 0) is 11.2 Å². The number of fused-ring (bicyclic) bond motifs is 1. The third-order valence-electron chi connectivity index (χ3n) is 5.26. The van der Waals surface area contributed by atoms with Gasteiger partial charge in [-0.15, -0.1) is 0 Å². The Morgan fingerprint density at radius 1 is 1.19 bits per heavy atom. The van der Waals surface area contributed by atoms with Crippen LogP contribution in [0.3, 0.4) is 0 Å². The molecule has 190 valence electrons. The van der Waals surface area contributed by atoms with E-state index in [-0.39, 0.29) is 23.6 Å². The molecule has 11 heteroatoms. The highest BCUT2D eigenvalue weighted by molar-refractivity contribution is 9.10. The van der Waals surface area contributed by atoms with Crippen molar-refractivity contribution in [1.82, 2.24) is 9.66 Å². The lowest BCUT2D eigenvalue weighted by atomic mass is 10.2. The number of aryl methyl sites for hydroxylation is 1. The van der Waals surface area contributed by atoms with Gasteiger partial charge in [-0.2, -0.15) is 9.78 Å². The van der Waals surface area contributed by atoms with Gasteiger partial charge in [-0.05, 0) is 64.0 Å². The molecule has 0 saturated heterocycles. The third-order valence-corrected chi connectivity index (χ3v) is 6.34. The summed E-state index contributed by atoms with van der Waals surface area (Å²) in [6.07, 6.45) is 2.02. The number of nitrogens with one attached hydrogen (secondary N) is 1. The third kappa shape index (κ3) is 6.05. The Labute approximate surface area is 228 Å². The molecular weight excluding hydrogens is 611 g/mol. The van der Waals surface area contributed by atoms with E-state index in [1.165, 1.54) is 36.2 Å². The molecule has 1 aromatic heterocycles. The number of amides is 1. The summed E-state index contributed by atoms with van der Waals surface area (Å²) in [4.78, 5) is 29.9. The number of methoxy groups -OCH3 is 1. The number of benzene rings is 3. The van der Waals surface area contributed by atoms with Gasteiger partial charge < -0.3 is 14.8 Å². The highest BCUT2D eigenvalue weighted by atomic mass is 79.9. The molecule has 0 bridgehead atoms. The lowest BCUT2D eigenvalue weighted by Crippen LogP contribution is -2.22. The van der Waals surface area contributed by atoms with Crippen molar-refractivity contribution < 1.29 is 18.7 Å². The van der Waals surface area contributed by atoms with Gasteiger partial charge in [0.25, 0.3) is 11.5 Å².